The molecule has 4 atom stereocenters. The lowest BCUT2D eigenvalue weighted by atomic mass is 10.0. The third-order valence-electron chi connectivity index (χ3n) is 6.92. The number of aromatic nitrogens is 2. The molecular weight excluding hydrogens is 528 g/mol. The number of hydrogen-bond donors (Lipinski definition) is 0. The summed E-state index contributed by atoms with van der Waals surface area (Å²) in [6.45, 7) is 7.23. The van der Waals surface area contributed by atoms with Crippen LogP contribution in [0.1, 0.15) is 53.6 Å². The molecule has 0 N–H and O–H groups in total. The number of hydrogen-bond acceptors (Lipinski definition) is 4. The standard InChI is InChI=1S/C29H28ClF2N3O2S/c1-6-10-34-28(21-8-7-9-24(17(21)3)38(5)37)23(32)15-35-16(2)11-22(27(30)29(35)36)26-18(4)25(26)19-12-20(31)14-33-13-19/h6-15,18,25-26H,1-5H3/b10-6+,23-15-,34-28+. The van der Waals surface area contributed by atoms with Gasteiger partial charge in [-0.2, -0.15) is 0 Å². The summed E-state index contributed by atoms with van der Waals surface area (Å²) in [5.74, 6) is -1.12. The van der Waals surface area contributed by atoms with Crippen LogP contribution in [0.2, 0.25) is 5.02 Å². The van der Waals surface area contributed by atoms with Gasteiger partial charge >= 0.3 is 0 Å². The Labute approximate surface area is 228 Å². The van der Waals surface area contributed by atoms with E-state index in [9.17, 15) is 13.4 Å². The Bertz CT molecular complexity index is 1580. The van der Waals surface area contributed by atoms with E-state index in [0.717, 1.165) is 22.5 Å². The smallest absolute Gasteiger partial charge is 0.273 e. The zero-order valence-electron chi connectivity index (χ0n) is 21.7. The van der Waals surface area contributed by atoms with Crippen LogP contribution in [0.5, 0.6) is 0 Å². The van der Waals surface area contributed by atoms with Crippen LogP contribution in [0.4, 0.5) is 8.78 Å². The largest absolute Gasteiger partial charge is 0.284 e. The summed E-state index contributed by atoms with van der Waals surface area (Å²) in [6.07, 6.45) is 8.53. The maximum atomic E-state index is 15.8. The van der Waals surface area contributed by atoms with Gasteiger partial charge in [0.15, 0.2) is 5.83 Å². The summed E-state index contributed by atoms with van der Waals surface area (Å²) < 4.78 is 42.8. The summed E-state index contributed by atoms with van der Waals surface area (Å²) in [5.41, 5.74) is 2.45. The molecule has 198 valence electrons. The lowest BCUT2D eigenvalue weighted by Gasteiger charge is -2.13. The molecule has 0 spiro atoms. The van der Waals surface area contributed by atoms with E-state index in [0.29, 0.717) is 27.3 Å². The second-order valence-electron chi connectivity index (χ2n) is 9.40. The summed E-state index contributed by atoms with van der Waals surface area (Å²) in [4.78, 5) is 22.1. The topological polar surface area (TPSA) is 64.3 Å². The number of nitrogens with zero attached hydrogens (tertiary/aromatic N) is 3. The molecule has 0 bridgehead atoms. The molecule has 1 saturated carbocycles. The van der Waals surface area contributed by atoms with Crippen LogP contribution >= 0.6 is 11.6 Å². The van der Waals surface area contributed by atoms with Crippen molar-refractivity contribution < 1.29 is 13.0 Å². The molecule has 9 heteroatoms. The van der Waals surface area contributed by atoms with Crippen molar-refractivity contribution in [1.82, 2.24) is 9.55 Å². The highest BCUT2D eigenvalue weighted by molar-refractivity contribution is 7.84. The lowest BCUT2D eigenvalue weighted by Crippen LogP contribution is -2.21. The van der Waals surface area contributed by atoms with E-state index in [1.165, 1.54) is 12.3 Å². The van der Waals surface area contributed by atoms with E-state index in [2.05, 4.69) is 9.98 Å². The summed E-state index contributed by atoms with van der Waals surface area (Å²) in [6, 6.07) is 8.34. The van der Waals surface area contributed by atoms with Gasteiger partial charge in [-0.15, -0.1) is 0 Å². The minimum Gasteiger partial charge on any atom is -0.284 e. The number of benzene rings is 1. The van der Waals surface area contributed by atoms with Gasteiger partial charge < -0.3 is 0 Å². The highest BCUT2D eigenvalue weighted by Crippen LogP contribution is 2.61. The first-order chi connectivity index (χ1) is 18.1. The van der Waals surface area contributed by atoms with Crippen LogP contribution in [-0.2, 0) is 10.8 Å². The highest BCUT2D eigenvalue weighted by Gasteiger charge is 2.50. The second-order valence-corrected chi connectivity index (χ2v) is 11.1. The normalized spacial score (nSPS) is 20.7. The molecule has 5 nitrogen and oxygen atoms in total. The van der Waals surface area contributed by atoms with Gasteiger partial charge in [-0.25, -0.2) is 8.78 Å². The van der Waals surface area contributed by atoms with Gasteiger partial charge in [0.1, 0.15) is 16.6 Å². The van der Waals surface area contributed by atoms with Gasteiger partial charge in [0.25, 0.3) is 5.56 Å². The lowest BCUT2D eigenvalue weighted by molar-refractivity contribution is 0.618. The van der Waals surface area contributed by atoms with Gasteiger partial charge in [-0.3, -0.25) is 23.5 Å². The Balaban J connectivity index is 1.76. The molecule has 1 aliphatic carbocycles. The number of allylic oxidation sites excluding steroid dienone is 2. The first kappa shape index (κ1) is 27.8. The van der Waals surface area contributed by atoms with Crippen LogP contribution in [0.15, 0.2) is 75.5 Å². The van der Waals surface area contributed by atoms with Gasteiger partial charge in [0, 0.05) is 34.8 Å². The van der Waals surface area contributed by atoms with Gasteiger partial charge in [-0.1, -0.05) is 36.7 Å². The molecule has 4 unspecified atom stereocenters. The molecule has 2 aromatic heterocycles. The van der Waals surface area contributed by atoms with Crippen molar-refractivity contribution in [1.29, 1.82) is 0 Å². The van der Waals surface area contributed by atoms with Gasteiger partial charge in [0.2, 0.25) is 0 Å². The van der Waals surface area contributed by atoms with E-state index in [1.54, 1.807) is 63.6 Å². The Morgan fingerprint density at radius 2 is 1.95 bits per heavy atom. The molecular formula is C29H28ClF2N3O2S. The van der Waals surface area contributed by atoms with E-state index in [4.69, 9.17) is 11.6 Å². The van der Waals surface area contributed by atoms with Crippen LogP contribution < -0.4 is 5.56 Å². The van der Waals surface area contributed by atoms with Crippen LogP contribution in [-0.4, -0.2) is 25.7 Å². The predicted octanol–water partition coefficient (Wildman–Crippen LogP) is 6.70. The fourth-order valence-corrected chi connectivity index (χ4v) is 6.06. The number of halogens is 3. The average Bonchev–Trinajstić information content (AvgIpc) is 3.55. The summed E-state index contributed by atoms with van der Waals surface area (Å²) in [5, 5.41) is -0.00476. The molecule has 2 heterocycles. The van der Waals surface area contributed by atoms with Crippen LogP contribution in [0.3, 0.4) is 0 Å². The molecule has 0 aliphatic heterocycles. The van der Waals surface area contributed by atoms with E-state index < -0.39 is 28.0 Å². The molecule has 1 aromatic carbocycles. The quantitative estimate of drug-likeness (QED) is 0.305. The first-order valence-electron chi connectivity index (χ1n) is 12.1. The minimum atomic E-state index is -1.27. The number of aliphatic imine (C=N–C) groups is 1. The highest BCUT2D eigenvalue weighted by atomic mass is 35.5. The Morgan fingerprint density at radius 1 is 1.21 bits per heavy atom. The maximum absolute atomic E-state index is 15.8. The molecule has 3 aromatic rings. The molecule has 0 radical (unpaired) electrons. The molecule has 38 heavy (non-hydrogen) atoms. The number of pyridine rings is 2. The zero-order valence-corrected chi connectivity index (χ0v) is 23.3. The van der Waals surface area contributed by atoms with Crippen molar-refractivity contribution in [2.75, 3.05) is 6.26 Å². The Hall–Kier alpha value is -3.23. The zero-order chi connectivity index (χ0) is 27.7. The van der Waals surface area contributed by atoms with Crippen molar-refractivity contribution in [3.63, 3.8) is 0 Å². The third-order valence-corrected chi connectivity index (χ3v) is 8.37. The van der Waals surface area contributed by atoms with E-state index in [1.807, 2.05) is 6.92 Å². The van der Waals surface area contributed by atoms with Crippen LogP contribution in [0.25, 0.3) is 6.20 Å². The fraction of sp³-hybridized carbons (Fsp3) is 0.276. The summed E-state index contributed by atoms with van der Waals surface area (Å²) >= 11 is 6.55. The number of rotatable bonds is 7. The van der Waals surface area contributed by atoms with E-state index >= 15 is 4.39 Å². The van der Waals surface area contributed by atoms with Crippen molar-refractivity contribution in [3.05, 3.63) is 110 Å². The van der Waals surface area contributed by atoms with Gasteiger partial charge in [-0.05, 0) is 73.4 Å². The Morgan fingerprint density at radius 3 is 2.61 bits per heavy atom. The average molecular weight is 556 g/mol. The van der Waals surface area contributed by atoms with Crippen molar-refractivity contribution in [3.8, 4) is 0 Å². The summed E-state index contributed by atoms with van der Waals surface area (Å²) in [7, 11) is -1.27. The maximum Gasteiger partial charge on any atom is 0.273 e. The fourth-order valence-electron chi connectivity index (χ4n) is 4.98. The monoisotopic (exact) mass is 555 g/mol. The van der Waals surface area contributed by atoms with Gasteiger partial charge in [0.05, 0.1) is 23.2 Å². The van der Waals surface area contributed by atoms with Crippen molar-refractivity contribution in [2.24, 2.45) is 10.9 Å². The molecule has 4 rings (SSSR count). The third kappa shape index (κ3) is 5.33. The molecule has 0 amide bonds. The second kappa shape index (κ2) is 11.3. The minimum absolute atomic E-state index is 0.00476. The number of aryl methyl sites for hydroxylation is 1. The predicted molar refractivity (Wildman–Crippen MR) is 150 cm³/mol. The van der Waals surface area contributed by atoms with Crippen LogP contribution in [0, 0.1) is 25.6 Å². The molecule has 1 fully saturated rings. The SMILES string of the molecule is C/C=C/N=C(/C(F)=C/n1c(C)cc(C2C(C)C2c2cncc(F)c2)c(Cl)c1=O)c1cccc(S(C)=O)c1C. The van der Waals surface area contributed by atoms with Crippen molar-refractivity contribution >= 4 is 34.3 Å². The Kier molecular flexibility index (Phi) is 8.23. The molecule has 0 saturated heterocycles. The first-order valence-corrected chi connectivity index (χ1v) is 14.0. The van der Waals surface area contributed by atoms with Crippen molar-refractivity contribution in [2.45, 2.75) is 44.4 Å². The van der Waals surface area contributed by atoms with E-state index in [-0.39, 0.29) is 28.5 Å². The molecule has 1 aliphatic rings.